The predicted molar refractivity (Wildman–Crippen MR) is 68.6 cm³/mol. The van der Waals surface area contributed by atoms with Crippen LogP contribution in [0.1, 0.15) is 58.3 Å². The minimum Gasteiger partial charge on any atom is -0.305 e. The lowest BCUT2D eigenvalue weighted by molar-refractivity contribution is -0.118. The van der Waals surface area contributed by atoms with Gasteiger partial charge in [0.15, 0.2) is 0 Å². The van der Waals surface area contributed by atoms with Crippen LogP contribution in [-0.2, 0) is 4.79 Å². The molecule has 1 fully saturated rings. The zero-order chi connectivity index (χ0) is 11.9. The highest BCUT2D eigenvalue weighted by atomic mass is 16.1. The van der Waals surface area contributed by atoms with Crippen molar-refractivity contribution in [1.82, 2.24) is 4.90 Å². The highest BCUT2D eigenvalue weighted by Gasteiger charge is 2.32. The van der Waals surface area contributed by atoms with E-state index in [0.717, 1.165) is 25.9 Å². The normalized spacial score (nSPS) is 19.9. The van der Waals surface area contributed by atoms with E-state index in [4.69, 9.17) is 0 Å². The van der Waals surface area contributed by atoms with Crippen LogP contribution < -0.4 is 0 Å². The Hall–Kier alpha value is -0.370. The number of carbonyl (C=O) groups is 1. The van der Waals surface area contributed by atoms with E-state index in [0.29, 0.717) is 0 Å². The Morgan fingerprint density at radius 3 is 2.44 bits per heavy atom. The lowest BCUT2D eigenvalue weighted by Crippen LogP contribution is -2.38. The maximum absolute atomic E-state index is 11.3. The summed E-state index contributed by atoms with van der Waals surface area (Å²) in [7, 11) is 2.16. The van der Waals surface area contributed by atoms with E-state index in [2.05, 4.69) is 18.9 Å². The van der Waals surface area contributed by atoms with E-state index in [1.807, 2.05) is 0 Å². The Balaban J connectivity index is 2.33. The van der Waals surface area contributed by atoms with Crippen molar-refractivity contribution in [2.75, 3.05) is 20.1 Å². The summed E-state index contributed by atoms with van der Waals surface area (Å²) in [5.74, 6) is 0. The molecular weight excluding hydrogens is 198 g/mol. The van der Waals surface area contributed by atoms with Gasteiger partial charge < -0.3 is 9.69 Å². The quantitative estimate of drug-likeness (QED) is 0.489. The van der Waals surface area contributed by atoms with Gasteiger partial charge in [-0.1, -0.05) is 39.0 Å². The third kappa shape index (κ3) is 4.25. The molecule has 0 aliphatic heterocycles. The Bertz CT molecular complexity index is 197. The Morgan fingerprint density at radius 2 is 1.88 bits per heavy atom. The lowest BCUT2D eigenvalue weighted by atomic mass is 9.75. The van der Waals surface area contributed by atoms with Gasteiger partial charge in [0, 0.05) is 12.0 Å². The van der Waals surface area contributed by atoms with Gasteiger partial charge in [0.25, 0.3) is 0 Å². The molecule has 2 heteroatoms. The van der Waals surface area contributed by atoms with Crippen molar-refractivity contribution < 1.29 is 4.79 Å². The van der Waals surface area contributed by atoms with Crippen molar-refractivity contribution in [3.05, 3.63) is 0 Å². The first-order chi connectivity index (χ1) is 7.72. The van der Waals surface area contributed by atoms with E-state index in [9.17, 15) is 4.79 Å². The van der Waals surface area contributed by atoms with Gasteiger partial charge in [-0.25, -0.2) is 0 Å². The van der Waals surface area contributed by atoms with Gasteiger partial charge in [-0.15, -0.1) is 0 Å². The Morgan fingerprint density at radius 1 is 1.19 bits per heavy atom. The van der Waals surface area contributed by atoms with Crippen LogP contribution >= 0.6 is 0 Å². The van der Waals surface area contributed by atoms with Crippen LogP contribution in [0.4, 0.5) is 0 Å². The van der Waals surface area contributed by atoms with E-state index >= 15 is 0 Å². The molecule has 94 valence electrons. The maximum atomic E-state index is 11.3. The molecule has 0 aromatic carbocycles. The van der Waals surface area contributed by atoms with Crippen LogP contribution in [0.15, 0.2) is 0 Å². The van der Waals surface area contributed by atoms with Crippen LogP contribution in [0.5, 0.6) is 0 Å². The fourth-order valence-electron chi connectivity index (χ4n) is 2.82. The van der Waals surface area contributed by atoms with Crippen molar-refractivity contribution in [2.24, 2.45) is 5.41 Å². The van der Waals surface area contributed by atoms with Crippen LogP contribution in [0.3, 0.4) is 0 Å². The van der Waals surface area contributed by atoms with Crippen LogP contribution in [0, 0.1) is 5.41 Å². The van der Waals surface area contributed by atoms with E-state index in [1.165, 1.54) is 44.8 Å². The number of carbonyl (C=O) groups excluding carboxylic acids is 1. The van der Waals surface area contributed by atoms with Gasteiger partial charge in [0.05, 0.1) is 0 Å². The molecule has 0 radical (unpaired) electrons. The molecular formula is C14H27NO. The van der Waals surface area contributed by atoms with Crippen molar-refractivity contribution in [3.8, 4) is 0 Å². The van der Waals surface area contributed by atoms with E-state index in [-0.39, 0.29) is 5.41 Å². The zero-order valence-electron chi connectivity index (χ0n) is 11.0. The van der Waals surface area contributed by atoms with E-state index in [1.54, 1.807) is 0 Å². The van der Waals surface area contributed by atoms with Gasteiger partial charge >= 0.3 is 0 Å². The second-order valence-electron chi connectivity index (χ2n) is 5.49. The minimum absolute atomic E-state index is 0.0147. The third-order valence-corrected chi connectivity index (χ3v) is 3.83. The number of aldehydes is 1. The maximum Gasteiger partial charge on any atom is 0.127 e. The lowest BCUT2D eigenvalue weighted by Gasteiger charge is -2.35. The van der Waals surface area contributed by atoms with Gasteiger partial charge in [-0.3, -0.25) is 0 Å². The highest BCUT2D eigenvalue weighted by molar-refractivity contribution is 5.60. The third-order valence-electron chi connectivity index (χ3n) is 3.83. The summed E-state index contributed by atoms with van der Waals surface area (Å²) in [6.07, 6.45) is 11.1. The second kappa shape index (κ2) is 7.05. The molecule has 0 aromatic rings. The number of hydrogen-bond acceptors (Lipinski definition) is 2. The fraction of sp³-hybridized carbons (Fsp3) is 0.929. The number of rotatable bonds is 7. The largest absolute Gasteiger partial charge is 0.305 e. The molecule has 0 bridgehead atoms. The fourth-order valence-corrected chi connectivity index (χ4v) is 2.82. The standard InChI is InChI=1S/C14H27NO/c1-3-4-8-11-15(2)12-14(13-16)9-6-5-7-10-14/h13H,3-12H2,1-2H3. The average molecular weight is 225 g/mol. The number of nitrogens with zero attached hydrogens (tertiary/aromatic N) is 1. The molecule has 2 nitrogen and oxygen atoms in total. The first kappa shape index (κ1) is 13.7. The summed E-state index contributed by atoms with van der Waals surface area (Å²) < 4.78 is 0. The van der Waals surface area contributed by atoms with Crippen molar-refractivity contribution in [1.29, 1.82) is 0 Å². The molecule has 1 aliphatic carbocycles. The number of unbranched alkanes of at least 4 members (excludes halogenated alkanes) is 2. The zero-order valence-corrected chi connectivity index (χ0v) is 11.0. The molecule has 0 amide bonds. The summed E-state index contributed by atoms with van der Waals surface area (Å²) in [5, 5.41) is 0. The van der Waals surface area contributed by atoms with Crippen LogP contribution in [-0.4, -0.2) is 31.3 Å². The Kier molecular flexibility index (Phi) is 6.04. The smallest absolute Gasteiger partial charge is 0.127 e. The first-order valence-corrected chi connectivity index (χ1v) is 6.87. The molecule has 0 heterocycles. The monoisotopic (exact) mass is 225 g/mol. The first-order valence-electron chi connectivity index (χ1n) is 6.87. The minimum atomic E-state index is -0.0147. The second-order valence-corrected chi connectivity index (χ2v) is 5.49. The van der Waals surface area contributed by atoms with Gasteiger partial charge in [0.2, 0.25) is 0 Å². The molecule has 0 atom stereocenters. The molecule has 0 unspecified atom stereocenters. The van der Waals surface area contributed by atoms with Gasteiger partial charge in [0.1, 0.15) is 6.29 Å². The molecule has 0 aromatic heterocycles. The SMILES string of the molecule is CCCCCN(C)CC1(C=O)CCCCC1. The molecule has 0 N–H and O–H groups in total. The highest BCUT2D eigenvalue weighted by Crippen LogP contribution is 2.34. The topological polar surface area (TPSA) is 20.3 Å². The van der Waals surface area contributed by atoms with Crippen LogP contribution in [0.25, 0.3) is 0 Å². The summed E-state index contributed by atoms with van der Waals surface area (Å²) in [6.45, 7) is 4.34. The molecule has 16 heavy (non-hydrogen) atoms. The molecule has 0 spiro atoms. The molecule has 0 saturated heterocycles. The van der Waals surface area contributed by atoms with Crippen molar-refractivity contribution in [2.45, 2.75) is 58.3 Å². The molecule has 1 aliphatic rings. The Labute approximate surface area is 100 Å². The average Bonchev–Trinajstić information content (AvgIpc) is 2.30. The summed E-state index contributed by atoms with van der Waals surface area (Å²) >= 11 is 0. The molecule has 1 rings (SSSR count). The van der Waals surface area contributed by atoms with Crippen LogP contribution in [0.2, 0.25) is 0 Å². The molecule has 1 saturated carbocycles. The summed E-state index contributed by atoms with van der Waals surface area (Å²) in [6, 6.07) is 0. The summed E-state index contributed by atoms with van der Waals surface area (Å²) in [4.78, 5) is 13.7. The van der Waals surface area contributed by atoms with E-state index < -0.39 is 0 Å². The predicted octanol–water partition coefficient (Wildman–Crippen LogP) is 3.26. The van der Waals surface area contributed by atoms with Gasteiger partial charge in [-0.2, -0.15) is 0 Å². The van der Waals surface area contributed by atoms with Crippen molar-refractivity contribution in [3.63, 3.8) is 0 Å². The summed E-state index contributed by atoms with van der Waals surface area (Å²) in [5.41, 5.74) is -0.0147. The van der Waals surface area contributed by atoms with Gasteiger partial charge in [-0.05, 0) is 32.9 Å². The van der Waals surface area contributed by atoms with Crippen molar-refractivity contribution >= 4 is 6.29 Å². The number of hydrogen-bond donors (Lipinski definition) is 0.